The second-order valence-corrected chi connectivity index (χ2v) is 12.5. The standard InChI is InChI=1S/C25H21NOP.C7H6BrNO.2BrH/c27-25(21-16-18-26-19-17-21)20-28(22-10-4-1-5-11-22,23-12-6-2-7-13-23)24-14-8-3-9-15-24;8-5-7(10)6-1-3-9-4-2-6;;/h1-19H,20H2;1-4H,5H2;2*1H/q+1;;;/p-1. The fourth-order valence-corrected chi connectivity index (χ4v) is 8.65. The number of hydrogen-bond donors (Lipinski definition) is 0. The van der Waals surface area contributed by atoms with Gasteiger partial charge in [0.25, 0.3) is 0 Å². The molecule has 0 bridgehead atoms. The van der Waals surface area contributed by atoms with Crippen LogP contribution in [0.4, 0.5) is 0 Å². The number of alkyl halides is 1. The van der Waals surface area contributed by atoms with Gasteiger partial charge in [0.2, 0.25) is 5.78 Å². The molecule has 8 heteroatoms. The van der Waals surface area contributed by atoms with Crippen LogP contribution in [-0.2, 0) is 0 Å². The number of halogens is 3. The number of aromatic nitrogens is 2. The minimum absolute atomic E-state index is 0. The number of ketones is 2. The van der Waals surface area contributed by atoms with Crippen LogP contribution in [0.1, 0.15) is 20.7 Å². The smallest absolute Gasteiger partial charge is 0.201 e. The average Bonchev–Trinajstić information content (AvgIpc) is 3.02. The Morgan fingerprint density at radius 2 is 0.875 bits per heavy atom. The zero-order chi connectivity index (χ0) is 26.6. The molecule has 0 radical (unpaired) electrons. The molecule has 0 aliphatic heterocycles. The highest BCUT2D eigenvalue weighted by molar-refractivity contribution is 9.09. The van der Waals surface area contributed by atoms with Gasteiger partial charge in [-0.25, -0.2) is 0 Å². The normalized spacial score (nSPS) is 10.1. The van der Waals surface area contributed by atoms with E-state index in [-0.39, 0.29) is 45.5 Å². The molecule has 2 heterocycles. The minimum atomic E-state index is -2.14. The summed E-state index contributed by atoms with van der Waals surface area (Å²) in [6, 6.07) is 38.4. The number of carbonyl (C=O) groups is 2. The first-order chi connectivity index (χ1) is 18.6. The zero-order valence-electron chi connectivity index (χ0n) is 21.5. The van der Waals surface area contributed by atoms with Gasteiger partial charge in [0.1, 0.15) is 29.3 Å². The van der Waals surface area contributed by atoms with Gasteiger partial charge in [-0.3, -0.25) is 19.6 Å². The minimum Gasteiger partial charge on any atom is -1.00 e. The molecule has 2 aromatic heterocycles. The quantitative estimate of drug-likeness (QED) is 0.139. The molecule has 0 saturated heterocycles. The third kappa shape index (κ3) is 8.34. The molecule has 4 nitrogen and oxygen atoms in total. The summed E-state index contributed by atoms with van der Waals surface area (Å²) in [7, 11) is -2.14. The Kier molecular flexibility index (Phi) is 14.3. The molecular weight excluding hydrogens is 715 g/mol. The van der Waals surface area contributed by atoms with E-state index in [1.165, 1.54) is 15.9 Å². The maximum Gasteiger partial charge on any atom is 0.201 e. The molecule has 0 atom stereocenters. The summed E-state index contributed by atoms with van der Waals surface area (Å²) < 4.78 is 0. The summed E-state index contributed by atoms with van der Waals surface area (Å²) in [4.78, 5) is 32.2. The van der Waals surface area contributed by atoms with Crippen molar-refractivity contribution < 1.29 is 26.6 Å². The van der Waals surface area contributed by atoms with Crippen molar-refractivity contribution in [2.45, 2.75) is 0 Å². The van der Waals surface area contributed by atoms with E-state index in [9.17, 15) is 9.59 Å². The van der Waals surface area contributed by atoms with E-state index in [4.69, 9.17) is 0 Å². The number of hydrogen-bond acceptors (Lipinski definition) is 4. The lowest BCUT2D eigenvalue weighted by atomic mass is 10.2. The van der Waals surface area contributed by atoms with E-state index >= 15 is 0 Å². The molecule has 204 valence electrons. The van der Waals surface area contributed by atoms with Crippen molar-refractivity contribution in [1.82, 2.24) is 9.97 Å². The van der Waals surface area contributed by atoms with Crippen molar-refractivity contribution in [3.8, 4) is 0 Å². The lowest BCUT2D eigenvalue weighted by molar-refractivity contribution is -0.0000228. The van der Waals surface area contributed by atoms with Gasteiger partial charge in [-0.05, 0) is 60.7 Å². The molecule has 5 rings (SSSR count). The van der Waals surface area contributed by atoms with Gasteiger partial charge < -0.3 is 17.0 Å². The average molecular weight is 743 g/mol. The Hall–Kier alpha value is -2.83. The predicted octanol–water partition coefficient (Wildman–Crippen LogP) is 3.50. The van der Waals surface area contributed by atoms with E-state index in [1.807, 2.05) is 18.2 Å². The second-order valence-electron chi connectivity index (χ2n) is 8.43. The van der Waals surface area contributed by atoms with Crippen LogP contribution in [0.5, 0.6) is 0 Å². The highest BCUT2D eigenvalue weighted by Crippen LogP contribution is 2.55. The third-order valence-electron chi connectivity index (χ3n) is 6.10. The van der Waals surface area contributed by atoms with Crippen molar-refractivity contribution in [3.05, 3.63) is 151 Å². The topological polar surface area (TPSA) is 59.9 Å². The van der Waals surface area contributed by atoms with Crippen LogP contribution < -0.4 is 32.9 Å². The second kappa shape index (κ2) is 17.1. The van der Waals surface area contributed by atoms with Gasteiger partial charge in [-0.2, -0.15) is 0 Å². The molecule has 3 aromatic carbocycles. The molecule has 0 fully saturated rings. The lowest BCUT2D eigenvalue weighted by Gasteiger charge is -2.27. The zero-order valence-corrected chi connectivity index (χ0v) is 27.3. The molecular formula is C32H28Br3N2O2P. The number of nitrogens with zero attached hydrogens (tertiary/aromatic N) is 2. The van der Waals surface area contributed by atoms with Gasteiger partial charge >= 0.3 is 0 Å². The summed E-state index contributed by atoms with van der Waals surface area (Å²) in [6.45, 7) is 0. The number of benzene rings is 3. The maximum absolute atomic E-state index is 13.4. The number of rotatable bonds is 8. The third-order valence-corrected chi connectivity index (χ3v) is 10.9. The number of Topliss-reactive ketones (excluding diaryl/α,β-unsaturated/α-hetero) is 2. The first-order valence-corrected chi connectivity index (χ1v) is 15.2. The number of pyridine rings is 2. The Morgan fingerprint density at radius 3 is 1.20 bits per heavy atom. The summed E-state index contributed by atoms with van der Waals surface area (Å²) in [5.74, 6) is 0.231. The molecule has 0 saturated carbocycles. The van der Waals surface area contributed by atoms with Crippen molar-refractivity contribution >= 4 is 67.7 Å². The molecule has 0 N–H and O–H groups in total. The van der Waals surface area contributed by atoms with Crippen LogP contribution in [0.2, 0.25) is 0 Å². The van der Waals surface area contributed by atoms with E-state index in [1.54, 1.807) is 49.1 Å². The van der Waals surface area contributed by atoms with E-state index in [0.29, 0.717) is 22.6 Å². The molecule has 0 unspecified atom stereocenters. The SMILES string of the molecule is Br.O=C(CBr)c1ccncc1.O=C(C[P+](c1ccccc1)(c1ccccc1)c1ccccc1)c1ccncc1.[Br-]. The van der Waals surface area contributed by atoms with E-state index in [0.717, 1.165) is 0 Å². The molecule has 0 aliphatic rings. The van der Waals surface area contributed by atoms with Gasteiger partial charge in [-0.15, -0.1) is 17.0 Å². The highest BCUT2D eigenvalue weighted by Gasteiger charge is 2.47. The van der Waals surface area contributed by atoms with Crippen molar-refractivity contribution in [2.75, 3.05) is 11.5 Å². The molecule has 0 spiro atoms. The fourth-order valence-electron chi connectivity index (χ4n) is 4.23. The van der Waals surface area contributed by atoms with Crippen LogP contribution in [0, 0.1) is 0 Å². The predicted molar refractivity (Wildman–Crippen MR) is 171 cm³/mol. The largest absolute Gasteiger partial charge is 1.00 e. The highest BCUT2D eigenvalue weighted by atomic mass is 79.9. The van der Waals surface area contributed by atoms with Gasteiger partial charge in [0.05, 0.1) is 5.33 Å². The summed E-state index contributed by atoms with van der Waals surface area (Å²) in [5.41, 5.74) is 1.41. The Balaban J connectivity index is 0.000000399. The fraction of sp³-hybridized carbons (Fsp3) is 0.0625. The Labute approximate surface area is 265 Å². The Morgan fingerprint density at radius 1 is 0.550 bits per heavy atom. The monoisotopic (exact) mass is 740 g/mol. The molecule has 40 heavy (non-hydrogen) atoms. The molecule has 0 aliphatic carbocycles. The van der Waals surface area contributed by atoms with Crippen molar-refractivity contribution in [1.29, 1.82) is 0 Å². The number of carbonyl (C=O) groups excluding carboxylic acids is 2. The van der Waals surface area contributed by atoms with Crippen LogP contribution in [0.25, 0.3) is 0 Å². The first-order valence-electron chi connectivity index (χ1n) is 12.1. The van der Waals surface area contributed by atoms with E-state index in [2.05, 4.69) is 98.7 Å². The van der Waals surface area contributed by atoms with Crippen LogP contribution in [0.15, 0.2) is 140 Å². The molecule has 0 amide bonds. The van der Waals surface area contributed by atoms with E-state index < -0.39 is 7.26 Å². The van der Waals surface area contributed by atoms with Crippen LogP contribution in [0.3, 0.4) is 0 Å². The van der Waals surface area contributed by atoms with Crippen molar-refractivity contribution in [2.24, 2.45) is 0 Å². The van der Waals surface area contributed by atoms with Gasteiger partial charge in [0, 0.05) is 35.9 Å². The van der Waals surface area contributed by atoms with Crippen molar-refractivity contribution in [3.63, 3.8) is 0 Å². The maximum atomic E-state index is 13.4. The van der Waals surface area contributed by atoms with Crippen LogP contribution in [-0.4, -0.2) is 33.0 Å². The van der Waals surface area contributed by atoms with Gasteiger partial charge in [-0.1, -0.05) is 70.5 Å². The molecule has 5 aromatic rings. The summed E-state index contributed by atoms with van der Waals surface area (Å²) in [5, 5.41) is 4.02. The summed E-state index contributed by atoms with van der Waals surface area (Å²) in [6.07, 6.45) is 7.03. The lowest BCUT2D eigenvalue weighted by Crippen LogP contribution is -3.00. The Bertz CT molecular complexity index is 1350. The summed E-state index contributed by atoms with van der Waals surface area (Å²) >= 11 is 3.08. The van der Waals surface area contributed by atoms with Gasteiger partial charge in [0.15, 0.2) is 5.78 Å². The first kappa shape index (κ1) is 33.4. The van der Waals surface area contributed by atoms with Crippen LogP contribution >= 0.6 is 40.2 Å².